The van der Waals surface area contributed by atoms with E-state index in [2.05, 4.69) is 24.3 Å². The van der Waals surface area contributed by atoms with Gasteiger partial charge in [0.2, 0.25) is 0 Å². The molecule has 1 heterocycles. The summed E-state index contributed by atoms with van der Waals surface area (Å²) in [5.74, 6) is -0.154. The van der Waals surface area contributed by atoms with Gasteiger partial charge in [0.1, 0.15) is 5.82 Å². The van der Waals surface area contributed by atoms with Gasteiger partial charge in [-0.05, 0) is 43.7 Å². The monoisotopic (exact) mass is 275 g/mol. The smallest absolute Gasteiger partial charge is 0.127 e. The number of halogens is 1. The first-order valence-corrected chi connectivity index (χ1v) is 7.27. The molecule has 0 fully saturated rings. The molecular formula is C16H22FN3. The first-order chi connectivity index (χ1) is 9.76. The van der Waals surface area contributed by atoms with Gasteiger partial charge in [-0.3, -0.25) is 4.68 Å². The number of aromatic nitrogens is 2. The van der Waals surface area contributed by atoms with Crippen LogP contribution in [0, 0.1) is 5.82 Å². The normalized spacial score (nSPS) is 10.9. The Kier molecular flexibility index (Phi) is 5.30. The highest BCUT2D eigenvalue weighted by molar-refractivity contribution is 5.60. The molecule has 0 saturated carbocycles. The van der Waals surface area contributed by atoms with Crippen LogP contribution in [0.2, 0.25) is 0 Å². The van der Waals surface area contributed by atoms with Gasteiger partial charge in [-0.1, -0.05) is 13.8 Å². The van der Waals surface area contributed by atoms with E-state index in [4.69, 9.17) is 0 Å². The Morgan fingerprint density at radius 1 is 1.20 bits per heavy atom. The van der Waals surface area contributed by atoms with Crippen LogP contribution in [0.5, 0.6) is 0 Å². The number of hydrogen-bond acceptors (Lipinski definition) is 2. The van der Waals surface area contributed by atoms with E-state index in [0.29, 0.717) is 12.1 Å². The van der Waals surface area contributed by atoms with Crippen molar-refractivity contribution in [3.63, 3.8) is 0 Å². The number of aryl methyl sites for hydroxylation is 1. The molecule has 0 aliphatic rings. The summed E-state index contributed by atoms with van der Waals surface area (Å²) in [6.07, 6.45) is 3.87. The molecule has 20 heavy (non-hydrogen) atoms. The summed E-state index contributed by atoms with van der Waals surface area (Å²) in [6, 6.07) is 7.26. The van der Waals surface area contributed by atoms with E-state index >= 15 is 0 Å². The van der Waals surface area contributed by atoms with E-state index in [1.807, 2.05) is 22.9 Å². The fourth-order valence-electron chi connectivity index (χ4n) is 2.24. The van der Waals surface area contributed by atoms with Gasteiger partial charge in [0.25, 0.3) is 0 Å². The molecule has 0 atom stereocenters. The number of rotatable bonds is 7. The Morgan fingerprint density at radius 3 is 2.80 bits per heavy atom. The van der Waals surface area contributed by atoms with Crippen molar-refractivity contribution >= 4 is 0 Å². The van der Waals surface area contributed by atoms with E-state index in [1.165, 1.54) is 0 Å². The average molecular weight is 275 g/mol. The molecule has 0 radical (unpaired) electrons. The zero-order chi connectivity index (χ0) is 14.4. The molecule has 1 aromatic carbocycles. The summed E-state index contributed by atoms with van der Waals surface area (Å²) in [6.45, 7) is 6.56. The summed E-state index contributed by atoms with van der Waals surface area (Å²) < 4.78 is 15.8. The van der Waals surface area contributed by atoms with Crippen molar-refractivity contribution in [2.45, 2.75) is 39.8 Å². The van der Waals surface area contributed by atoms with Gasteiger partial charge in [-0.2, -0.15) is 5.10 Å². The van der Waals surface area contributed by atoms with Gasteiger partial charge in [0, 0.05) is 30.4 Å². The summed E-state index contributed by atoms with van der Waals surface area (Å²) in [5, 5.41) is 7.56. The maximum absolute atomic E-state index is 13.8. The maximum Gasteiger partial charge on any atom is 0.127 e. The fourth-order valence-corrected chi connectivity index (χ4v) is 2.24. The van der Waals surface area contributed by atoms with E-state index < -0.39 is 0 Å². The number of hydrogen-bond donors (Lipinski definition) is 1. The Balaban J connectivity index is 2.23. The molecule has 3 nitrogen and oxygen atoms in total. The lowest BCUT2D eigenvalue weighted by atomic mass is 10.1. The summed E-state index contributed by atoms with van der Waals surface area (Å²) in [7, 11) is 0. The van der Waals surface area contributed by atoms with Crippen LogP contribution in [0.4, 0.5) is 4.39 Å². The van der Waals surface area contributed by atoms with Crippen LogP contribution in [0.1, 0.15) is 32.3 Å². The minimum atomic E-state index is -0.154. The molecule has 2 rings (SSSR count). The van der Waals surface area contributed by atoms with Gasteiger partial charge in [0.05, 0.1) is 5.69 Å². The molecule has 0 spiro atoms. The van der Waals surface area contributed by atoms with Gasteiger partial charge in [0.15, 0.2) is 0 Å². The number of nitrogens with zero attached hydrogens (tertiary/aromatic N) is 2. The van der Waals surface area contributed by atoms with Crippen molar-refractivity contribution in [2.75, 3.05) is 6.54 Å². The number of benzene rings is 1. The van der Waals surface area contributed by atoms with Crippen molar-refractivity contribution in [1.82, 2.24) is 15.1 Å². The van der Waals surface area contributed by atoms with E-state index in [9.17, 15) is 4.39 Å². The third kappa shape index (κ3) is 3.45. The molecule has 0 saturated heterocycles. The highest BCUT2D eigenvalue weighted by Gasteiger charge is 2.08. The molecule has 1 aromatic heterocycles. The van der Waals surface area contributed by atoms with Crippen LogP contribution in [0.15, 0.2) is 30.5 Å². The Labute approximate surface area is 119 Å². The second kappa shape index (κ2) is 7.20. The molecule has 108 valence electrons. The van der Waals surface area contributed by atoms with Crippen LogP contribution in [-0.2, 0) is 13.1 Å². The summed E-state index contributed by atoms with van der Waals surface area (Å²) in [5.41, 5.74) is 2.77. The van der Waals surface area contributed by atoms with Gasteiger partial charge < -0.3 is 5.32 Å². The molecule has 0 unspecified atom stereocenters. The third-order valence-corrected chi connectivity index (χ3v) is 3.24. The molecule has 0 amide bonds. The Bertz CT molecular complexity index is 548. The minimum absolute atomic E-state index is 0.154. The number of nitrogens with one attached hydrogen (secondary N) is 1. The van der Waals surface area contributed by atoms with Gasteiger partial charge >= 0.3 is 0 Å². The first-order valence-electron chi connectivity index (χ1n) is 7.27. The topological polar surface area (TPSA) is 29.9 Å². The standard InChI is InChI=1S/C16H22FN3/c1-3-8-18-12-14-11-13(5-6-15(14)17)16-7-9-19-20(16)10-4-2/h5-7,9,11,18H,3-4,8,10,12H2,1-2H3. The zero-order valence-electron chi connectivity index (χ0n) is 12.2. The fraction of sp³-hybridized carbons (Fsp3) is 0.438. The highest BCUT2D eigenvalue weighted by Crippen LogP contribution is 2.22. The molecule has 0 aliphatic carbocycles. The van der Waals surface area contributed by atoms with E-state index in [-0.39, 0.29) is 5.82 Å². The largest absolute Gasteiger partial charge is 0.313 e. The van der Waals surface area contributed by atoms with Crippen molar-refractivity contribution in [3.8, 4) is 11.3 Å². The van der Waals surface area contributed by atoms with Crippen molar-refractivity contribution < 1.29 is 4.39 Å². The second-order valence-corrected chi connectivity index (χ2v) is 4.92. The van der Waals surface area contributed by atoms with Crippen molar-refractivity contribution in [2.24, 2.45) is 0 Å². The van der Waals surface area contributed by atoms with Crippen LogP contribution in [0.25, 0.3) is 11.3 Å². The lowest BCUT2D eigenvalue weighted by molar-refractivity contribution is 0.585. The van der Waals surface area contributed by atoms with Crippen molar-refractivity contribution in [3.05, 3.63) is 41.8 Å². The predicted molar refractivity (Wildman–Crippen MR) is 79.9 cm³/mol. The molecule has 0 aliphatic heterocycles. The quantitative estimate of drug-likeness (QED) is 0.782. The Morgan fingerprint density at radius 2 is 2.05 bits per heavy atom. The predicted octanol–water partition coefficient (Wildman–Crippen LogP) is 3.60. The SMILES string of the molecule is CCCNCc1cc(-c2ccnn2CCC)ccc1F. The third-order valence-electron chi connectivity index (χ3n) is 3.24. The lowest BCUT2D eigenvalue weighted by Gasteiger charge is -2.10. The van der Waals surface area contributed by atoms with Crippen LogP contribution < -0.4 is 5.32 Å². The molecule has 2 aromatic rings. The zero-order valence-corrected chi connectivity index (χ0v) is 12.2. The average Bonchev–Trinajstić information content (AvgIpc) is 2.90. The molecule has 4 heteroatoms. The molecule has 1 N–H and O–H groups in total. The molecular weight excluding hydrogens is 253 g/mol. The van der Waals surface area contributed by atoms with Gasteiger partial charge in [-0.15, -0.1) is 0 Å². The summed E-state index contributed by atoms with van der Waals surface area (Å²) in [4.78, 5) is 0. The minimum Gasteiger partial charge on any atom is -0.313 e. The van der Waals surface area contributed by atoms with E-state index in [1.54, 1.807) is 12.3 Å². The lowest BCUT2D eigenvalue weighted by Crippen LogP contribution is -2.15. The second-order valence-electron chi connectivity index (χ2n) is 4.92. The Hall–Kier alpha value is -1.68. The van der Waals surface area contributed by atoms with Crippen LogP contribution in [-0.4, -0.2) is 16.3 Å². The van der Waals surface area contributed by atoms with Crippen LogP contribution in [0.3, 0.4) is 0 Å². The summed E-state index contributed by atoms with van der Waals surface area (Å²) >= 11 is 0. The van der Waals surface area contributed by atoms with Crippen molar-refractivity contribution in [1.29, 1.82) is 0 Å². The maximum atomic E-state index is 13.8. The van der Waals surface area contributed by atoms with Crippen LogP contribution >= 0.6 is 0 Å². The van der Waals surface area contributed by atoms with E-state index in [0.717, 1.165) is 37.2 Å². The molecule has 0 bridgehead atoms. The highest BCUT2D eigenvalue weighted by atomic mass is 19.1. The first kappa shape index (κ1) is 14.7. The van der Waals surface area contributed by atoms with Gasteiger partial charge in [-0.25, -0.2) is 4.39 Å².